The summed E-state index contributed by atoms with van der Waals surface area (Å²) < 4.78 is 13.5. The highest BCUT2D eigenvalue weighted by Crippen LogP contribution is 2.17. The summed E-state index contributed by atoms with van der Waals surface area (Å²) in [5.41, 5.74) is 0.629. The van der Waals surface area contributed by atoms with Gasteiger partial charge in [-0.15, -0.1) is 0 Å². The Morgan fingerprint density at radius 1 is 1.32 bits per heavy atom. The number of nitrogens with one attached hydrogen (secondary N) is 1. The van der Waals surface area contributed by atoms with E-state index in [2.05, 4.69) is 5.32 Å². The summed E-state index contributed by atoms with van der Waals surface area (Å²) in [5, 5.41) is 14.8. The molecular formula is C13H10FNO3S. The maximum atomic E-state index is 13.5. The minimum absolute atomic E-state index is 0.0766. The van der Waals surface area contributed by atoms with Crippen molar-refractivity contribution in [2.75, 3.05) is 5.32 Å². The standard InChI is InChI=1S/C13H10FNO3S/c14-10-2-1-9(13(17)18)6-11(10)15-12(16)5-8-3-4-19-7-8/h1-4,6-7H,5H2,(H,15,16)(H,17,18). The molecule has 2 rings (SSSR count). The highest BCUT2D eigenvalue weighted by Gasteiger charge is 2.11. The topological polar surface area (TPSA) is 66.4 Å². The number of rotatable bonds is 4. The van der Waals surface area contributed by atoms with Crippen molar-refractivity contribution in [2.45, 2.75) is 6.42 Å². The van der Waals surface area contributed by atoms with Crippen LogP contribution in [0.2, 0.25) is 0 Å². The number of carboxylic acids is 1. The van der Waals surface area contributed by atoms with Gasteiger partial charge in [-0.3, -0.25) is 4.79 Å². The third-order valence-electron chi connectivity index (χ3n) is 2.43. The second-order valence-electron chi connectivity index (χ2n) is 3.86. The van der Waals surface area contributed by atoms with E-state index in [9.17, 15) is 14.0 Å². The number of carbonyl (C=O) groups is 2. The van der Waals surface area contributed by atoms with Gasteiger partial charge in [-0.2, -0.15) is 11.3 Å². The molecule has 1 aromatic heterocycles. The quantitative estimate of drug-likeness (QED) is 0.904. The van der Waals surface area contributed by atoms with Crippen LogP contribution in [0.3, 0.4) is 0 Å². The zero-order chi connectivity index (χ0) is 13.8. The molecule has 1 heterocycles. The Balaban J connectivity index is 2.11. The van der Waals surface area contributed by atoms with E-state index in [0.717, 1.165) is 23.8 Å². The first-order valence-corrected chi connectivity index (χ1v) is 6.34. The highest BCUT2D eigenvalue weighted by atomic mass is 32.1. The van der Waals surface area contributed by atoms with Crippen LogP contribution in [-0.2, 0) is 11.2 Å². The maximum Gasteiger partial charge on any atom is 0.335 e. The van der Waals surface area contributed by atoms with Gasteiger partial charge in [0.15, 0.2) is 0 Å². The molecule has 1 amide bonds. The molecule has 0 spiro atoms. The van der Waals surface area contributed by atoms with Crippen molar-refractivity contribution < 1.29 is 19.1 Å². The van der Waals surface area contributed by atoms with Crippen LogP contribution in [0.4, 0.5) is 10.1 Å². The van der Waals surface area contributed by atoms with Gasteiger partial charge >= 0.3 is 5.97 Å². The number of anilines is 1. The molecule has 0 aliphatic heterocycles. The lowest BCUT2D eigenvalue weighted by Crippen LogP contribution is -2.15. The van der Waals surface area contributed by atoms with Gasteiger partial charge in [0.1, 0.15) is 5.82 Å². The molecule has 0 aliphatic carbocycles. The molecule has 0 atom stereocenters. The number of hydrogen-bond acceptors (Lipinski definition) is 3. The molecule has 0 saturated carbocycles. The third kappa shape index (κ3) is 3.38. The van der Waals surface area contributed by atoms with E-state index < -0.39 is 11.8 Å². The van der Waals surface area contributed by atoms with Crippen molar-refractivity contribution in [3.63, 3.8) is 0 Å². The van der Waals surface area contributed by atoms with Crippen LogP contribution in [0.25, 0.3) is 0 Å². The van der Waals surface area contributed by atoms with Crippen molar-refractivity contribution in [3.8, 4) is 0 Å². The fourth-order valence-electron chi connectivity index (χ4n) is 1.53. The number of amides is 1. The average molecular weight is 279 g/mol. The number of carboxylic acid groups (broad SMARTS) is 1. The van der Waals surface area contributed by atoms with Gasteiger partial charge in [0.2, 0.25) is 5.91 Å². The maximum absolute atomic E-state index is 13.5. The van der Waals surface area contributed by atoms with Gasteiger partial charge in [-0.25, -0.2) is 9.18 Å². The van der Waals surface area contributed by atoms with E-state index in [-0.39, 0.29) is 23.6 Å². The Labute approximate surface area is 112 Å². The lowest BCUT2D eigenvalue weighted by atomic mass is 10.2. The molecule has 19 heavy (non-hydrogen) atoms. The monoisotopic (exact) mass is 279 g/mol. The fourth-order valence-corrected chi connectivity index (χ4v) is 2.20. The molecule has 1 aromatic carbocycles. The van der Waals surface area contributed by atoms with Gasteiger partial charge in [-0.1, -0.05) is 0 Å². The second-order valence-corrected chi connectivity index (χ2v) is 4.64. The van der Waals surface area contributed by atoms with Gasteiger partial charge in [0.25, 0.3) is 0 Å². The molecule has 0 fully saturated rings. The van der Waals surface area contributed by atoms with E-state index in [1.807, 2.05) is 10.8 Å². The lowest BCUT2D eigenvalue weighted by molar-refractivity contribution is -0.115. The van der Waals surface area contributed by atoms with Crippen LogP contribution >= 0.6 is 11.3 Å². The number of thiophene rings is 1. The first-order chi connectivity index (χ1) is 9.06. The molecule has 2 N–H and O–H groups in total. The van der Waals surface area contributed by atoms with Crippen LogP contribution in [0.5, 0.6) is 0 Å². The van der Waals surface area contributed by atoms with Gasteiger partial charge < -0.3 is 10.4 Å². The van der Waals surface area contributed by atoms with Gasteiger partial charge in [0, 0.05) is 0 Å². The molecule has 0 saturated heterocycles. The Bertz CT molecular complexity index is 610. The summed E-state index contributed by atoms with van der Waals surface area (Å²) in [6.07, 6.45) is 0.125. The summed E-state index contributed by atoms with van der Waals surface area (Å²) in [4.78, 5) is 22.5. The van der Waals surface area contributed by atoms with Crippen molar-refractivity contribution in [2.24, 2.45) is 0 Å². The fraction of sp³-hybridized carbons (Fsp3) is 0.0769. The summed E-state index contributed by atoms with van der Waals surface area (Å²) in [5.74, 6) is -2.23. The summed E-state index contributed by atoms with van der Waals surface area (Å²) in [6, 6.07) is 5.06. The predicted octanol–water partition coefficient (Wildman–Crippen LogP) is 2.77. The lowest BCUT2D eigenvalue weighted by Gasteiger charge is -2.06. The number of carbonyl (C=O) groups excluding carboxylic acids is 1. The molecule has 2 aromatic rings. The van der Waals surface area contributed by atoms with Gasteiger partial charge in [0.05, 0.1) is 17.7 Å². The second kappa shape index (κ2) is 5.62. The van der Waals surface area contributed by atoms with Crippen molar-refractivity contribution in [1.29, 1.82) is 0 Å². The highest BCUT2D eigenvalue weighted by molar-refractivity contribution is 7.08. The number of aromatic carboxylic acids is 1. The third-order valence-corrected chi connectivity index (χ3v) is 3.16. The van der Waals surface area contributed by atoms with Crippen LogP contribution < -0.4 is 5.32 Å². The van der Waals surface area contributed by atoms with Crippen molar-refractivity contribution in [1.82, 2.24) is 0 Å². The Morgan fingerprint density at radius 2 is 2.11 bits per heavy atom. The smallest absolute Gasteiger partial charge is 0.335 e. The van der Waals surface area contributed by atoms with Crippen LogP contribution in [0, 0.1) is 5.82 Å². The molecule has 0 radical (unpaired) electrons. The summed E-state index contributed by atoms with van der Waals surface area (Å²) in [7, 11) is 0. The predicted molar refractivity (Wildman–Crippen MR) is 70.0 cm³/mol. The Hall–Kier alpha value is -2.21. The number of halogens is 1. The molecule has 98 valence electrons. The number of benzene rings is 1. The van der Waals surface area contributed by atoms with Crippen molar-refractivity contribution >= 4 is 28.9 Å². The van der Waals surface area contributed by atoms with E-state index in [0.29, 0.717) is 0 Å². The number of hydrogen-bond donors (Lipinski definition) is 2. The Kier molecular flexibility index (Phi) is 3.91. The van der Waals surface area contributed by atoms with Crippen molar-refractivity contribution in [3.05, 3.63) is 52.0 Å². The molecule has 0 aliphatic rings. The zero-order valence-corrected chi connectivity index (χ0v) is 10.5. The first-order valence-electron chi connectivity index (χ1n) is 5.40. The van der Waals surface area contributed by atoms with Crippen LogP contribution in [0.1, 0.15) is 15.9 Å². The normalized spacial score (nSPS) is 10.2. The Morgan fingerprint density at radius 3 is 2.74 bits per heavy atom. The molecule has 4 nitrogen and oxygen atoms in total. The SMILES string of the molecule is O=C(Cc1ccsc1)Nc1cc(C(=O)O)ccc1F. The zero-order valence-electron chi connectivity index (χ0n) is 9.72. The van der Waals surface area contributed by atoms with E-state index in [1.54, 1.807) is 6.07 Å². The van der Waals surface area contributed by atoms with Crippen LogP contribution in [-0.4, -0.2) is 17.0 Å². The largest absolute Gasteiger partial charge is 0.478 e. The van der Waals surface area contributed by atoms with E-state index in [4.69, 9.17) is 5.11 Å². The molecule has 0 unspecified atom stereocenters. The first kappa shape index (κ1) is 13.2. The van der Waals surface area contributed by atoms with E-state index in [1.165, 1.54) is 11.3 Å². The van der Waals surface area contributed by atoms with E-state index >= 15 is 0 Å². The molecule has 6 heteroatoms. The summed E-state index contributed by atoms with van der Waals surface area (Å²) in [6.45, 7) is 0. The summed E-state index contributed by atoms with van der Waals surface area (Å²) >= 11 is 1.47. The molecular weight excluding hydrogens is 269 g/mol. The van der Waals surface area contributed by atoms with Gasteiger partial charge in [-0.05, 0) is 40.6 Å². The van der Waals surface area contributed by atoms with Crippen LogP contribution in [0.15, 0.2) is 35.0 Å². The minimum atomic E-state index is -1.17. The average Bonchev–Trinajstić information content (AvgIpc) is 2.84. The minimum Gasteiger partial charge on any atom is -0.478 e. The molecule has 0 bridgehead atoms.